The van der Waals surface area contributed by atoms with Crippen LogP contribution < -0.4 is 14.5 Å². The fourth-order valence-corrected chi connectivity index (χ4v) is 3.61. The first-order chi connectivity index (χ1) is 14.0. The van der Waals surface area contributed by atoms with E-state index in [0.717, 1.165) is 21.7 Å². The molecule has 1 N–H and O–H groups in total. The van der Waals surface area contributed by atoms with E-state index in [-0.39, 0.29) is 11.4 Å². The summed E-state index contributed by atoms with van der Waals surface area (Å²) >= 11 is 0. The molecule has 0 aliphatic heterocycles. The Hall–Kier alpha value is -3.47. The largest absolute Gasteiger partial charge is 0.490 e. The van der Waals surface area contributed by atoms with E-state index in [1.54, 1.807) is 12.1 Å². The molecule has 2 aromatic carbocycles. The Morgan fingerprint density at radius 1 is 1.23 bits per heavy atom. The van der Waals surface area contributed by atoms with Gasteiger partial charge in [-0.05, 0) is 49.2 Å². The predicted molar refractivity (Wildman–Crippen MR) is 113 cm³/mol. The number of methoxy groups -OCH3 is 1. The van der Waals surface area contributed by atoms with Crippen molar-refractivity contribution in [2.75, 3.05) is 24.2 Å². The molecule has 11 heteroatoms. The van der Waals surface area contributed by atoms with Gasteiger partial charge >= 0.3 is 5.69 Å². The van der Waals surface area contributed by atoms with Crippen molar-refractivity contribution in [3.05, 3.63) is 63.2 Å². The van der Waals surface area contributed by atoms with E-state index in [1.807, 2.05) is 19.9 Å². The number of amides is 1. The standard InChI is InChI=1S/C19H22N4O6S/c1-13-7-14(2)9-16(8-13)22(30(4,27)28)12-19(24)21-20-11-15-5-6-18(29-3)17(10-15)23(25)26/h5-11H,12H2,1-4H3,(H,21,24)/b20-11-. The Labute approximate surface area is 174 Å². The van der Waals surface area contributed by atoms with E-state index in [1.165, 1.54) is 31.5 Å². The van der Waals surface area contributed by atoms with Gasteiger partial charge in [-0.15, -0.1) is 0 Å². The number of anilines is 1. The first kappa shape index (κ1) is 22.8. The van der Waals surface area contributed by atoms with Gasteiger partial charge in [0.15, 0.2) is 5.75 Å². The van der Waals surface area contributed by atoms with Crippen LogP contribution in [0.15, 0.2) is 41.5 Å². The Balaban J connectivity index is 2.15. The number of nitrogens with one attached hydrogen (secondary N) is 1. The van der Waals surface area contributed by atoms with Crippen LogP contribution in [0.4, 0.5) is 11.4 Å². The third kappa shape index (κ3) is 6.01. The van der Waals surface area contributed by atoms with Gasteiger partial charge in [0.05, 0.1) is 30.2 Å². The Morgan fingerprint density at radius 2 is 1.87 bits per heavy atom. The first-order valence-electron chi connectivity index (χ1n) is 8.71. The Bertz CT molecular complexity index is 1080. The molecule has 0 saturated heterocycles. The SMILES string of the molecule is COc1ccc(/C=N\NC(=O)CN(c2cc(C)cc(C)c2)S(C)(=O)=O)cc1[N+](=O)[O-]. The lowest BCUT2D eigenvalue weighted by Crippen LogP contribution is -2.39. The van der Waals surface area contributed by atoms with E-state index in [0.29, 0.717) is 11.3 Å². The maximum atomic E-state index is 12.2. The maximum absolute atomic E-state index is 12.2. The average molecular weight is 434 g/mol. The summed E-state index contributed by atoms with van der Waals surface area (Å²) in [4.78, 5) is 22.7. The fraction of sp³-hybridized carbons (Fsp3) is 0.263. The van der Waals surface area contributed by atoms with E-state index in [4.69, 9.17) is 4.74 Å². The van der Waals surface area contributed by atoms with Crippen molar-refractivity contribution in [1.29, 1.82) is 0 Å². The molecule has 0 aromatic heterocycles. The minimum absolute atomic E-state index is 0.0958. The van der Waals surface area contributed by atoms with Crippen molar-refractivity contribution in [2.24, 2.45) is 5.10 Å². The topological polar surface area (TPSA) is 131 Å². The predicted octanol–water partition coefficient (Wildman–Crippen LogP) is 2.14. The highest BCUT2D eigenvalue weighted by Crippen LogP contribution is 2.26. The van der Waals surface area contributed by atoms with Crippen LogP contribution in [0.3, 0.4) is 0 Å². The number of hydrogen-bond donors (Lipinski definition) is 1. The molecule has 160 valence electrons. The average Bonchev–Trinajstić information content (AvgIpc) is 2.64. The number of sulfonamides is 1. The van der Waals surface area contributed by atoms with Gasteiger partial charge in [0.2, 0.25) is 10.0 Å². The maximum Gasteiger partial charge on any atom is 0.311 e. The molecule has 2 aromatic rings. The number of carbonyl (C=O) groups is 1. The molecule has 0 saturated carbocycles. The molecule has 0 atom stereocenters. The molecule has 0 heterocycles. The molecular formula is C19H22N4O6S. The molecule has 2 rings (SSSR count). The number of hydrazone groups is 1. The van der Waals surface area contributed by atoms with Crippen LogP contribution in [0.5, 0.6) is 5.75 Å². The Morgan fingerprint density at radius 3 is 2.40 bits per heavy atom. The van der Waals surface area contributed by atoms with Crippen molar-refractivity contribution in [3.63, 3.8) is 0 Å². The molecule has 0 unspecified atom stereocenters. The fourth-order valence-electron chi connectivity index (χ4n) is 2.77. The number of nitro groups is 1. The summed E-state index contributed by atoms with van der Waals surface area (Å²) in [5, 5.41) is 14.8. The van der Waals surface area contributed by atoms with Gasteiger partial charge in [0.1, 0.15) is 6.54 Å². The van der Waals surface area contributed by atoms with Crippen molar-refractivity contribution >= 4 is 33.5 Å². The molecule has 0 aliphatic rings. The van der Waals surface area contributed by atoms with Crippen LogP contribution in [0.1, 0.15) is 16.7 Å². The van der Waals surface area contributed by atoms with Crippen molar-refractivity contribution in [2.45, 2.75) is 13.8 Å². The lowest BCUT2D eigenvalue weighted by Gasteiger charge is -2.22. The first-order valence-corrected chi connectivity index (χ1v) is 10.6. The highest BCUT2D eigenvalue weighted by Gasteiger charge is 2.21. The second-order valence-electron chi connectivity index (χ2n) is 6.60. The summed E-state index contributed by atoms with van der Waals surface area (Å²) in [6.45, 7) is 3.19. The van der Waals surface area contributed by atoms with Gasteiger partial charge in [-0.25, -0.2) is 13.8 Å². The summed E-state index contributed by atoms with van der Waals surface area (Å²) in [5.41, 5.74) is 4.44. The lowest BCUT2D eigenvalue weighted by molar-refractivity contribution is -0.385. The normalized spacial score (nSPS) is 11.3. The van der Waals surface area contributed by atoms with E-state index >= 15 is 0 Å². The van der Waals surface area contributed by atoms with Crippen molar-refractivity contribution in [3.8, 4) is 5.75 Å². The highest BCUT2D eigenvalue weighted by molar-refractivity contribution is 7.92. The Kier molecular flexibility index (Phi) is 7.11. The highest BCUT2D eigenvalue weighted by atomic mass is 32.2. The second-order valence-corrected chi connectivity index (χ2v) is 8.50. The quantitative estimate of drug-likeness (QED) is 0.385. The van der Waals surface area contributed by atoms with Gasteiger partial charge in [-0.1, -0.05) is 6.07 Å². The van der Waals surface area contributed by atoms with Gasteiger partial charge in [0, 0.05) is 11.6 Å². The van der Waals surface area contributed by atoms with E-state index in [9.17, 15) is 23.3 Å². The minimum Gasteiger partial charge on any atom is -0.490 e. The number of aryl methyl sites for hydroxylation is 2. The molecule has 0 fully saturated rings. The number of hydrogen-bond acceptors (Lipinski definition) is 7. The third-order valence-electron chi connectivity index (χ3n) is 3.98. The second kappa shape index (κ2) is 9.35. The summed E-state index contributed by atoms with van der Waals surface area (Å²) in [7, 11) is -2.40. The number of nitro benzene ring substituents is 1. The van der Waals surface area contributed by atoms with Crippen LogP contribution in [0, 0.1) is 24.0 Å². The molecule has 0 spiro atoms. The zero-order chi connectivity index (χ0) is 22.5. The molecule has 10 nitrogen and oxygen atoms in total. The molecule has 0 aliphatic carbocycles. The summed E-state index contributed by atoms with van der Waals surface area (Å²) < 4.78 is 30.3. The van der Waals surface area contributed by atoms with Crippen molar-refractivity contribution in [1.82, 2.24) is 5.43 Å². The van der Waals surface area contributed by atoms with Gasteiger partial charge < -0.3 is 4.74 Å². The number of ether oxygens (including phenoxy) is 1. The zero-order valence-corrected chi connectivity index (χ0v) is 17.8. The summed E-state index contributed by atoms with van der Waals surface area (Å²) in [5.74, 6) is -0.572. The van der Waals surface area contributed by atoms with Crippen LogP contribution >= 0.6 is 0 Å². The number of rotatable bonds is 8. The summed E-state index contributed by atoms with van der Waals surface area (Å²) in [6, 6.07) is 9.41. The molecule has 0 radical (unpaired) electrons. The number of benzene rings is 2. The molecule has 0 bridgehead atoms. The minimum atomic E-state index is -3.71. The van der Waals surface area contributed by atoms with Crippen molar-refractivity contribution < 1.29 is 22.9 Å². The monoisotopic (exact) mass is 434 g/mol. The van der Waals surface area contributed by atoms with Crippen LogP contribution in [-0.2, 0) is 14.8 Å². The van der Waals surface area contributed by atoms with E-state index < -0.39 is 27.4 Å². The summed E-state index contributed by atoms with van der Waals surface area (Å²) in [6.07, 6.45) is 2.23. The molecule has 1 amide bonds. The van der Waals surface area contributed by atoms with E-state index in [2.05, 4.69) is 10.5 Å². The molecule has 30 heavy (non-hydrogen) atoms. The van der Waals surface area contributed by atoms with Gasteiger partial charge in [-0.3, -0.25) is 19.2 Å². The lowest BCUT2D eigenvalue weighted by atomic mass is 10.1. The van der Waals surface area contributed by atoms with Gasteiger partial charge in [0.25, 0.3) is 5.91 Å². The van der Waals surface area contributed by atoms with Gasteiger partial charge in [-0.2, -0.15) is 5.10 Å². The van der Waals surface area contributed by atoms with Crippen LogP contribution in [0.2, 0.25) is 0 Å². The number of carbonyl (C=O) groups excluding carboxylic acids is 1. The third-order valence-corrected chi connectivity index (χ3v) is 5.13. The van der Waals surface area contributed by atoms with Crippen LogP contribution in [-0.4, -0.2) is 45.4 Å². The van der Waals surface area contributed by atoms with Crippen LogP contribution in [0.25, 0.3) is 0 Å². The number of nitrogens with zero attached hydrogens (tertiary/aromatic N) is 3. The zero-order valence-electron chi connectivity index (χ0n) is 16.9. The smallest absolute Gasteiger partial charge is 0.311 e. The molecular weight excluding hydrogens is 412 g/mol.